The molecule has 0 bridgehead atoms. The summed E-state index contributed by atoms with van der Waals surface area (Å²) in [5.74, 6) is 0.00518. The first kappa shape index (κ1) is 21.1. The molecule has 144 valence electrons. The summed E-state index contributed by atoms with van der Waals surface area (Å²) in [7, 11) is 4.03. The molecule has 0 radical (unpaired) electrons. The number of anilines is 1. The number of hydrogen-bond acceptors (Lipinski definition) is 3. The van der Waals surface area contributed by atoms with Crippen molar-refractivity contribution in [3.63, 3.8) is 0 Å². The number of carbonyl (C=O) groups excluding carboxylic acids is 1. The van der Waals surface area contributed by atoms with Gasteiger partial charge in [0.05, 0.1) is 0 Å². The molecule has 2 aromatic carbocycles. The average Bonchev–Trinajstić information content (AvgIpc) is 2.60. The summed E-state index contributed by atoms with van der Waals surface area (Å²) in [6, 6.07) is 15.3. The number of carbonyl (C=O) groups is 1. The van der Waals surface area contributed by atoms with Crippen LogP contribution < -0.4 is 10.6 Å². The molecule has 0 saturated heterocycles. The molecule has 2 aromatic rings. The molecule has 0 aliphatic rings. The molecular formula is C22H29N3OS. The Morgan fingerprint density at radius 3 is 2.30 bits per heavy atom. The van der Waals surface area contributed by atoms with E-state index in [2.05, 4.69) is 36.3 Å². The second-order valence-electron chi connectivity index (χ2n) is 7.92. The Hall–Kier alpha value is -2.24. The predicted octanol–water partition coefficient (Wildman–Crippen LogP) is 4.06. The third-order valence-electron chi connectivity index (χ3n) is 4.24. The highest BCUT2D eigenvalue weighted by molar-refractivity contribution is 7.80. The van der Waals surface area contributed by atoms with E-state index in [0.717, 1.165) is 18.8 Å². The van der Waals surface area contributed by atoms with E-state index in [4.69, 9.17) is 12.2 Å². The lowest BCUT2D eigenvalue weighted by atomic mass is 9.86. The van der Waals surface area contributed by atoms with Crippen LogP contribution in [0.3, 0.4) is 0 Å². The highest BCUT2D eigenvalue weighted by atomic mass is 32.1. The highest BCUT2D eigenvalue weighted by Crippen LogP contribution is 2.23. The molecule has 4 nitrogen and oxygen atoms in total. The Bertz CT molecular complexity index is 792. The predicted molar refractivity (Wildman–Crippen MR) is 118 cm³/mol. The van der Waals surface area contributed by atoms with Crippen molar-refractivity contribution in [2.45, 2.75) is 26.2 Å². The van der Waals surface area contributed by atoms with Crippen molar-refractivity contribution in [3.8, 4) is 0 Å². The largest absolute Gasteiger partial charge is 0.361 e. The monoisotopic (exact) mass is 383 g/mol. The van der Waals surface area contributed by atoms with Crippen LogP contribution >= 0.6 is 12.2 Å². The van der Waals surface area contributed by atoms with E-state index in [9.17, 15) is 4.79 Å². The van der Waals surface area contributed by atoms with E-state index in [0.29, 0.717) is 16.2 Å². The second kappa shape index (κ2) is 9.11. The zero-order valence-electron chi connectivity index (χ0n) is 16.8. The van der Waals surface area contributed by atoms with Crippen molar-refractivity contribution in [1.29, 1.82) is 0 Å². The van der Waals surface area contributed by atoms with Crippen LogP contribution in [-0.2, 0) is 5.41 Å². The topological polar surface area (TPSA) is 44.4 Å². The van der Waals surface area contributed by atoms with Crippen LogP contribution in [0.25, 0.3) is 0 Å². The van der Waals surface area contributed by atoms with E-state index >= 15 is 0 Å². The number of thiocarbonyl (C=S) groups is 1. The molecule has 27 heavy (non-hydrogen) atoms. The van der Waals surface area contributed by atoms with Gasteiger partial charge in [-0.3, -0.25) is 4.79 Å². The van der Waals surface area contributed by atoms with Gasteiger partial charge in [-0.15, -0.1) is 0 Å². The maximum Gasteiger partial charge on any atom is 0.193 e. The van der Waals surface area contributed by atoms with Gasteiger partial charge >= 0.3 is 0 Å². The van der Waals surface area contributed by atoms with Crippen LogP contribution in [0.1, 0.15) is 42.3 Å². The lowest BCUT2D eigenvalue weighted by molar-refractivity contribution is 0.103. The minimum atomic E-state index is 0.00518. The Labute approximate surface area is 168 Å². The number of nitrogens with zero attached hydrogens (tertiary/aromatic N) is 1. The normalized spacial score (nSPS) is 11.3. The third-order valence-corrected chi connectivity index (χ3v) is 4.49. The van der Waals surface area contributed by atoms with Gasteiger partial charge in [0.25, 0.3) is 0 Å². The van der Waals surface area contributed by atoms with E-state index in [1.54, 1.807) is 0 Å². The summed E-state index contributed by atoms with van der Waals surface area (Å²) in [6.07, 6.45) is 0. The quantitative estimate of drug-likeness (QED) is 0.582. The molecule has 5 heteroatoms. The number of likely N-dealkylation sites (N-methyl/N-ethyl adjacent to an activating group) is 1. The first-order chi connectivity index (χ1) is 12.7. The summed E-state index contributed by atoms with van der Waals surface area (Å²) in [5.41, 5.74) is 3.41. The lowest BCUT2D eigenvalue weighted by Gasteiger charge is -2.19. The first-order valence-corrected chi connectivity index (χ1v) is 9.52. The molecule has 0 unspecified atom stereocenters. The number of rotatable bonds is 6. The van der Waals surface area contributed by atoms with Crippen LogP contribution in [0.5, 0.6) is 0 Å². The van der Waals surface area contributed by atoms with Crippen LogP contribution in [0.4, 0.5) is 5.69 Å². The zero-order chi connectivity index (χ0) is 20.0. The molecule has 0 atom stereocenters. The van der Waals surface area contributed by atoms with Crippen LogP contribution in [0.15, 0.2) is 48.5 Å². The van der Waals surface area contributed by atoms with Crippen molar-refractivity contribution in [2.24, 2.45) is 0 Å². The molecule has 0 aliphatic carbocycles. The zero-order valence-corrected chi connectivity index (χ0v) is 17.6. The molecule has 2 rings (SSSR count). The van der Waals surface area contributed by atoms with E-state index in [-0.39, 0.29) is 11.2 Å². The van der Waals surface area contributed by atoms with Crippen LogP contribution in [0.2, 0.25) is 0 Å². The molecular weight excluding hydrogens is 354 g/mol. The maximum atomic E-state index is 12.8. The van der Waals surface area contributed by atoms with Gasteiger partial charge in [0.15, 0.2) is 10.9 Å². The van der Waals surface area contributed by atoms with Crippen LogP contribution in [0, 0.1) is 0 Å². The Kier molecular flexibility index (Phi) is 7.11. The fourth-order valence-corrected chi connectivity index (χ4v) is 2.81. The van der Waals surface area contributed by atoms with Gasteiger partial charge in [-0.2, -0.15) is 0 Å². The molecule has 0 amide bonds. The molecule has 0 fully saturated rings. The van der Waals surface area contributed by atoms with Gasteiger partial charge in [0, 0.05) is 29.9 Å². The van der Waals surface area contributed by atoms with Crippen molar-refractivity contribution >= 4 is 28.8 Å². The highest BCUT2D eigenvalue weighted by Gasteiger charge is 2.15. The van der Waals surface area contributed by atoms with Gasteiger partial charge < -0.3 is 15.5 Å². The Balaban J connectivity index is 2.05. The Morgan fingerprint density at radius 1 is 1.04 bits per heavy atom. The SMILES string of the molecule is CN(C)CCNC(=S)Nc1cccc(C(=O)c2ccc(C(C)(C)C)cc2)c1. The molecule has 0 spiro atoms. The average molecular weight is 384 g/mol. The van der Waals surface area contributed by atoms with Crippen molar-refractivity contribution in [1.82, 2.24) is 10.2 Å². The maximum absolute atomic E-state index is 12.8. The molecule has 0 heterocycles. The second-order valence-corrected chi connectivity index (χ2v) is 8.33. The lowest BCUT2D eigenvalue weighted by Crippen LogP contribution is -2.34. The van der Waals surface area contributed by atoms with Gasteiger partial charge in [0.1, 0.15) is 0 Å². The summed E-state index contributed by atoms with van der Waals surface area (Å²) >= 11 is 5.31. The number of ketones is 1. The molecule has 2 N–H and O–H groups in total. The van der Waals surface area contributed by atoms with Gasteiger partial charge in [-0.1, -0.05) is 57.2 Å². The Morgan fingerprint density at radius 2 is 1.70 bits per heavy atom. The standard InChI is InChI=1S/C22H29N3OS/c1-22(2,3)18-11-9-16(10-12-18)20(26)17-7-6-8-19(15-17)24-21(27)23-13-14-25(4)5/h6-12,15H,13-14H2,1-5H3,(H2,23,24,27). The van der Waals surface area contributed by atoms with Crippen molar-refractivity contribution in [3.05, 3.63) is 65.2 Å². The first-order valence-electron chi connectivity index (χ1n) is 9.12. The fraction of sp³-hybridized carbons (Fsp3) is 0.364. The fourth-order valence-electron chi connectivity index (χ4n) is 2.59. The van der Waals surface area contributed by atoms with E-state index < -0.39 is 0 Å². The van der Waals surface area contributed by atoms with E-state index in [1.807, 2.05) is 62.6 Å². The molecule has 0 aromatic heterocycles. The van der Waals surface area contributed by atoms with Crippen molar-refractivity contribution in [2.75, 3.05) is 32.5 Å². The minimum Gasteiger partial charge on any atom is -0.361 e. The molecule has 0 saturated carbocycles. The van der Waals surface area contributed by atoms with Gasteiger partial charge in [-0.25, -0.2) is 0 Å². The van der Waals surface area contributed by atoms with Crippen molar-refractivity contribution < 1.29 is 4.79 Å². The smallest absolute Gasteiger partial charge is 0.193 e. The summed E-state index contributed by atoms with van der Waals surface area (Å²) < 4.78 is 0. The van der Waals surface area contributed by atoms with E-state index in [1.165, 1.54) is 5.56 Å². The number of benzene rings is 2. The number of hydrogen-bond donors (Lipinski definition) is 2. The summed E-state index contributed by atoms with van der Waals surface area (Å²) in [4.78, 5) is 14.9. The third kappa shape index (κ3) is 6.45. The van der Waals surface area contributed by atoms with Gasteiger partial charge in [0.2, 0.25) is 0 Å². The number of nitrogens with one attached hydrogen (secondary N) is 2. The summed E-state index contributed by atoms with van der Waals surface area (Å²) in [6.45, 7) is 8.14. The summed E-state index contributed by atoms with van der Waals surface area (Å²) in [5, 5.41) is 6.85. The minimum absolute atomic E-state index is 0.00518. The molecule has 0 aliphatic heterocycles. The van der Waals surface area contributed by atoms with Crippen LogP contribution in [-0.4, -0.2) is 43.0 Å². The van der Waals surface area contributed by atoms with Gasteiger partial charge in [-0.05, 0) is 49.4 Å².